The molecule has 1 heterocycles. The summed E-state index contributed by atoms with van der Waals surface area (Å²) in [6, 6.07) is 3.53. The SMILES string of the molecule is CC(NCCCc1ncc[nH]1)c1ccc(F)cc1F. The molecule has 0 spiro atoms. The molecule has 0 saturated carbocycles. The van der Waals surface area contributed by atoms with Crippen LogP contribution < -0.4 is 5.32 Å². The molecule has 0 fully saturated rings. The number of imidazole rings is 1. The molecule has 2 rings (SSSR count). The molecule has 1 aromatic carbocycles. The molecule has 0 amide bonds. The van der Waals surface area contributed by atoms with Gasteiger partial charge in [-0.25, -0.2) is 13.8 Å². The summed E-state index contributed by atoms with van der Waals surface area (Å²) in [7, 11) is 0. The summed E-state index contributed by atoms with van der Waals surface area (Å²) in [6.07, 6.45) is 5.26. The van der Waals surface area contributed by atoms with Gasteiger partial charge >= 0.3 is 0 Å². The second-order valence-electron chi connectivity index (χ2n) is 4.48. The van der Waals surface area contributed by atoms with Crippen molar-refractivity contribution in [3.63, 3.8) is 0 Å². The van der Waals surface area contributed by atoms with Gasteiger partial charge in [-0.1, -0.05) is 6.07 Å². The van der Waals surface area contributed by atoms with Crippen LogP contribution in [-0.4, -0.2) is 16.5 Å². The van der Waals surface area contributed by atoms with Gasteiger partial charge in [0.2, 0.25) is 0 Å². The Labute approximate surface area is 111 Å². The van der Waals surface area contributed by atoms with Crippen molar-refractivity contribution in [1.29, 1.82) is 0 Å². The Hall–Kier alpha value is -1.75. The Morgan fingerprint density at radius 2 is 2.21 bits per heavy atom. The number of benzene rings is 1. The molecule has 19 heavy (non-hydrogen) atoms. The summed E-state index contributed by atoms with van der Waals surface area (Å²) in [5.41, 5.74) is 0.486. The summed E-state index contributed by atoms with van der Waals surface area (Å²) in [5, 5.41) is 3.22. The molecule has 2 aromatic rings. The summed E-state index contributed by atoms with van der Waals surface area (Å²) < 4.78 is 26.3. The zero-order valence-electron chi connectivity index (χ0n) is 10.8. The lowest BCUT2D eigenvalue weighted by Gasteiger charge is -2.14. The molecular formula is C14H17F2N3. The van der Waals surface area contributed by atoms with Crippen molar-refractivity contribution in [2.45, 2.75) is 25.8 Å². The number of hydrogen-bond donors (Lipinski definition) is 2. The predicted molar refractivity (Wildman–Crippen MR) is 69.7 cm³/mol. The third-order valence-corrected chi connectivity index (χ3v) is 3.02. The van der Waals surface area contributed by atoms with Crippen LogP contribution in [0, 0.1) is 11.6 Å². The predicted octanol–water partition coefficient (Wildman–Crippen LogP) is 2.97. The van der Waals surface area contributed by atoms with E-state index < -0.39 is 11.6 Å². The van der Waals surface area contributed by atoms with Crippen LogP contribution in [-0.2, 0) is 6.42 Å². The number of nitrogens with zero attached hydrogens (tertiary/aromatic N) is 1. The lowest BCUT2D eigenvalue weighted by atomic mass is 10.1. The van der Waals surface area contributed by atoms with Gasteiger partial charge in [-0.2, -0.15) is 0 Å². The third kappa shape index (κ3) is 3.86. The Bertz CT molecular complexity index is 511. The first-order chi connectivity index (χ1) is 9.16. The van der Waals surface area contributed by atoms with Crippen molar-refractivity contribution in [1.82, 2.24) is 15.3 Å². The fourth-order valence-corrected chi connectivity index (χ4v) is 1.97. The highest BCUT2D eigenvalue weighted by Gasteiger charge is 2.10. The van der Waals surface area contributed by atoms with Crippen molar-refractivity contribution in [3.8, 4) is 0 Å². The molecule has 5 heteroatoms. The van der Waals surface area contributed by atoms with Gasteiger partial charge in [-0.15, -0.1) is 0 Å². The molecule has 2 N–H and O–H groups in total. The van der Waals surface area contributed by atoms with Gasteiger partial charge in [-0.3, -0.25) is 0 Å². The highest BCUT2D eigenvalue weighted by atomic mass is 19.1. The van der Waals surface area contributed by atoms with E-state index in [0.29, 0.717) is 5.56 Å². The summed E-state index contributed by atoms with van der Waals surface area (Å²) >= 11 is 0. The van der Waals surface area contributed by atoms with Gasteiger partial charge in [0.05, 0.1) is 0 Å². The lowest BCUT2D eigenvalue weighted by molar-refractivity contribution is 0.511. The number of H-pyrrole nitrogens is 1. The number of nitrogens with one attached hydrogen (secondary N) is 2. The number of aryl methyl sites for hydroxylation is 1. The average molecular weight is 265 g/mol. The second kappa shape index (κ2) is 6.43. The van der Waals surface area contributed by atoms with E-state index in [1.54, 1.807) is 12.4 Å². The molecule has 0 bridgehead atoms. The molecule has 0 aliphatic rings. The first-order valence-corrected chi connectivity index (χ1v) is 6.33. The minimum atomic E-state index is -0.550. The van der Waals surface area contributed by atoms with Gasteiger partial charge in [0.25, 0.3) is 0 Å². The smallest absolute Gasteiger partial charge is 0.130 e. The van der Waals surface area contributed by atoms with Crippen LogP contribution in [0.15, 0.2) is 30.6 Å². The van der Waals surface area contributed by atoms with Crippen LogP contribution >= 0.6 is 0 Å². The number of halogens is 2. The topological polar surface area (TPSA) is 40.7 Å². The van der Waals surface area contributed by atoms with E-state index >= 15 is 0 Å². The largest absolute Gasteiger partial charge is 0.349 e. The average Bonchev–Trinajstić information content (AvgIpc) is 2.87. The van der Waals surface area contributed by atoms with Crippen LogP contribution in [0.1, 0.15) is 30.8 Å². The van der Waals surface area contributed by atoms with Gasteiger partial charge in [0.1, 0.15) is 17.5 Å². The minimum absolute atomic E-state index is 0.141. The zero-order chi connectivity index (χ0) is 13.7. The molecule has 1 aromatic heterocycles. The highest BCUT2D eigenvalue weighted by Crippen LogP contribution is 2.17. The monoisotopic (exact) mass is 265 g/mol. The highest BCUT2D eigenvalue weighted by molar-refractivity contribution is 5.21. The third-order valence-electron chi connectivity index (χ3n) is 3.02. The standard InChI is InChI=1S/C14H17F2N3/c1-10(12-5-4-11(15)9-13(12)16)17-6-2-3-14-18-7-8-19-14/h4-5,7-10,17H,2-3,6H2,1H3,(H,18,19). The number of rotatable bonds is 6. The number of hydrogen-bond acceptors (Lipinski definition) is 2. The van der Waals surface area contributed by atoms with E-state index in [4.69, 9.17) is 0 Å². The minimum Gasteiger partial charge on any atom is -0.349 e. The summed E-state index contributed by atoms with van der Waals surface area (Å²) in [4.78, 5) is 7.16. The van der Waals surface area contributed by atoms with Crippen molar-refractivity contribution in [2.75, 3.05) is 6.54 Å². The maximum atomic E-state index is 13.5. The van der Waals surface area contributed by atoms with E-state index in [1.807, 2.05) is 6.92 Å². The van der Waals surface area contributed by atoms with Crippen LogP contribution in [0.5, 0.6) is 0 Å². The van der Waals surface area contributed by atoms with Gasteiger partial charge in [-0.05, 0) is 26.0 Å². The number of aromatic nitrogens is 2. The maximum absolute atomic E-state index is 13.5. The maximum Gasteiger partial charge on any atom is 0.130 e. The Morgan fingerprint density at radius 1 is 1.37 bits per heavy atom. The zero-order valence-corrected chi connectivity index (χ0v) is 10.8. The van der Waals surface area contributed by atoms with E-state index in [1.165, 1.54) is 12.1 Å². The van der Waals surface area contributed by atoms with Crippen LogP contribution in [0.25, 0.3) is 0 Å². The Kier molecular flexibility index (Phi) is 4.63. The van der Waals surface area contributed by atoms with Gasteiger partial charge in [0.15, 0.2) is 0 Å². The van der Waals surface area contributed by atoms with E-state index in [2.05, 4.69) is 15.3 Å². The molecule has 3 nitrogen and oxygen atoms in total. The molecular weight excluding hydrogens is 248 g/mol. The van der Waals surface area contributed by atoms with Crippen molar-refractivity contribution in [3.05, 3.63) is 53.6 Å². The van der Waals surface area contributed by atoms with E-state index in [0.717, 1.165) is 31.3 Å². The van der Waals surface area contributed by atoms with Crippen molar-refractivity contribution < 1.29 is 8.78 Å². The normalized spacial score (nSPS) is 12.6. The first-order valence-electron chi connectivity index (χ1n) is 6.33. The molecule has 0 saturated heterocycles. The molecule has 1 unspecified atom stereocenters. The summed E-state index contributed by atoms with van der Waals surface area (Å²) in [5.74, 6) is -0.111. The molecule has 0 radical (unpaired) electrons. The fraction of sp³-hybridized carbons (Fsp3) is 0.357. The Balaban J connectivity index is 1.79. The molecule has 1 atom stereocenters. The fourth-order valence-electron chi connectivity index (χ4n) is 1.97. The summed E-state index contributed by atoms with van der Waals surface area (Å²) in [6.45, 7) is 2.61. The van der Waals surface area contributed by atoms with Crippen LogP contribution in [0.2, 0.25) is 0 Å². The molecule has 102 valence electrons. The van der Waals surface area contributed by atoms with Crippen molar-refractivity contribution in [2.24, 2.45) is 0 Å². The quantitative estimate of drug-likeness (QED) is 0.788. The second-order valence-corrected chi connectivity index (χ2v) is 4.48. The van der Waals surface area contributed by atoms with Crippen LogP contribution in [0.4, 0.5) is 8.78 Å². The Morgan fingerprint density at radius 3 is 2.89 bits per heavy atom. The van der Waals surface area contributed by atoms with Crippen molar-refractivity contribution >= 4 is 0 Å². The molecule has 0 aliphatic carbocycles. The number of aromatic amines is 1. The van der Waals surface area contributed by atoms with Crippen LogP contribution in [0.3, 0.4) is 0 Å². The lowest BCUT2D eigenvalue weighted by Crippen LogP contribution is -2.21. The van der Waals surface area contributed by atoms with E-state index in [9.17, 15) is 8.78 Å². The first kappa shape index (κ1) is 13.7. The van der Waals surface area contributed by atoms with Gasteiger partial charge in [0, 0.05) is 36.5 Å². The molecule has 0 aliphatic heterocycles. The van der Waals surface area contributed by atoms with Gasteiger partial charge < -0.3 is 10.3 Å². The van der Waals surface area contributed by atoms with E-state index in [-0.39, 0.29) is 6.04 Å².